The Morgan fingerprint density at radius 1 is 1.03 bits per heavy atom. The molecule has 0 saturated carbocycles. The van der Waals surface area contributed by atoms with Gasteiger partial charge in [-0.2, -0.15) is 0 Å². The van der Waals surface area contributed by atoms with E-state index >= 15 is 0 Å². The van der Waals surface area contributed by atoms with Crippen molar-refractivity contribution < 1.29 is 18.7 Å². The SMILES string of the molecule is CCCNC(=O)Nc1ccc(CC(=O)NC2(c3ccc(F)cc3)CCOCC2)cc1. The van der Waals surface area contributed by atoms with E-state index in [-0.39, 0.29) is 24.2 Å². The van der Waals surface area contributed by atoms with Gasteiger partial charge >= 0.3 is 6.03 Å². The molecule has 0 unspecified atom stereocenters. The summed E-state index contributed by atoms with van der Waals surface area (Å²) in [6.07, 6.45) is 2.36. The molecule has 1 fully saturated rings. The normalized spacial score (nSPS) is 15.3. The molecule has 0 aromatic heterocycles. The van der Waals surface area contributed by atoms with E-state index in [0.717, 1.165) is 17.5 Å². The van der Waals surface area contributed by atoms with Gasteiger partial charge in [0.05, 0.1) is 12.0 Å². The van der Waals surface area contributed by atoms with Crippen LogP contribution < -0.4 is 16.0 Å². The van der Waals surface area contributed by atoms with Crippen LogP contribution in [0.25, 0.3) is 0 Å². The number of hydrogen-bond acceptors (Lipinski definition) is 3. The highest BCUT2D eigenvalue weighted by Gasteiger charge is 2.35. The minimum Gasteiger partial charge on any atom is -0.381 e. The molecule has 1 aliphatic heterocycles. The number of nitrogens with one attached hydrogen (secondary N) is 3. The summed E-state index contributed by atoms with van der Waals surface area (Å²) in [4.78, 5) is 24.5. The van der Waals surface area contributed by atoms with Crippen molar-refractivity contribution in [2.75, 3.05) is 25.1 Å². The topological polar surface area (TPSA) is 79.5 Å². The zero-order valence-corrected chi connectivity index (χ0v) is 17.2. The van der Waals surface area contributed by atoms with Gasteiger partial charge < -0.3 is 20.7 Å². The third kappa shape index (κ3) is 5.79. The van der Waals surface area contributed by atoms with Gasteiger partial charge in [-0.05, 0) is 54.7 Å². The Balaban J connectivity index is 1.63. The van der Waals surface area contributed by atoms with Crippen molar-refractivity contribution in [2.45, 2.75) is 38.1 Å². The highest BCUT2D eigenvalue weighted by atomic mass is 19.1. The molecule has 0 aliphatic carbocycles. The zero-order chi connectivity index (χ0) is 21.4. The van der Waals surface area contributed by atoms with E-state index in [1.54, 1.807) is 24.3 Å². The molecule has 3 rings (SSSR count). The van der Waals surface area contributed by atoms with Crippen molar-refractivity contribution in [1.82, 2.24) is 10.6 Å². The van der Waals surface area contributed by atoms with E-state index in [1.165, 1.54) is 12.1 Å². The summed E-state index contributed by atoms with van der Waals surface area (Å²) in [5.74, 6) is -0.410. The van der Waals surface area contributed by atoms with Gasteiger partial charge in [0.15, 0.2) is 0 Å². The fourth-order valence-corrected chi connectivity index (χ4v) is 3.59. The fraction of sp³-hybridized carbons (Fsp3) is 0.391. The number of anilines is 1. The van der Waals surface area contributed by atoms with Crippen molar-refractivity contribution in [3.8, 4) is 0 Å². The van der Waals surface area contributed by atoms with Gasteiger partial charge in [0.25, 0.3) is 0 Å². The van der Waals surface area contributed by atoms with Crippen LogP contribution in [0.2, 0.25) is 0 Å². The molecule has 1 aliphatic rings. The smallest absolute Gasteiger partial charge is 0.319 e. The van der Waals surface area contributed by atoms with Crippen molar-refractivity contribution >= 4 is 17.6 Å². The van der Waals surface area contributed by atoms with Crippen LogP contribution in [0.4, 0.5) is 14.9 Å². The van der Waals surface area contributed by atoms with Gasteiger partial charge in [0.1, 0.15) is 5.82 Å². The summed E-state index contributed by atoms with van der Waals surface area (Å²) in [5.41, 5.74) is 1.84. The van der Waals surface area contributed by atoms with E-state index in [4.69, 9.17) is 4.74 Å². The second kappa shape index (κ2) is 10.2. The minimum absolute atomic E-state index is 0.109. The Kier molecular flexibility index (Phi) is 7.41. The zero-order valence-electron chi connectivity index (χ0n) is 17.2. The predicted octanol–water partition coefficient (Wildman–Crippen LogP) is 3.72. The summed E-state index contributed by atoms with van der Waals surface area (Å²) in [6, 6.07) is 13.2. The first-order chi connectivity index (χ1) is 14.5. The monoisotopic (exact) mass is 413 g/mol. The van der Waals surface area contributed by atoms with Crippen molar-refractivity contribution in [3.63, 3.8) is 0 Å². The maximum absolute atomic E-state index is 13.4. The average molecular weight is 413 g/mol. The molecular formula is C23H28FN3O3. The van der Waals surface area contributed by atoms with E-state index < -0.39 is 5.54 Å². The Bertz CT molecular complexity index is 847. The lowest BCUT2D eigenvalue weighted by Gasteiger charge is -2.38. The van der Waals surface area contributed by atoms with Crippen molar-refractivity contribution in [1.29, 1.82) is 0 Å². The van der Waals surface area contributed by atoms with Crippen LogP contribution in [0.15, 0.2) is 48.5 Å². The Morgan fingerprint density at radius 2 is 1.70 bits per heavy atom. The van der Waals surface area contributed by atoms with Gasteiger partial charge in [-0.3, -0.25) is 4.79 Å². The van der Waals surface area contributed by atoms with E-state index in [1.807, 2.05) is 19.1 Å². The maximum atomic E-state index is 13.4. The van der Waals surface area contributed by atoms with E-state index in [0.29, 0.717) is 38.3 Å². The van der Waals surface area contributed by atoms with Crippen LogP contribution in [0.5, 0.6) is 0 Å². The predicted molar refractivity (Wildman–Crippen MR) is 114 cm³/mol. The lowest BCUT2D eigenvalue weighted by molar-refractivity contribution is -0.123. The highest BCUT2D eigenvalue weighted by Crippen LogP contribution is 2.32. The van der Waals surface area contributed by atoms with Crippen LogP contribution in [0.3, 0.4) is 0 Å². The molecule has 1 heterocycles. The standard InChI is InChI=1S/C23H28FN3O3/c1-2-13-25-22(29)26-20-9-3-17(4-10-20)16-21(28)27-23(11-14-30-15-12-23)18-5-7-19(24)8-6-18/h3-10H,2,11-16H2,1H3,(H,27,28)(H2,25,26,29). The molecule has 1 saturated heterocycles. The first-order valence-electron chi connectivity index (χ1n) is 10.3. The summed E-state index contributed by atoms with van der Waals surface area (Å²) in [5, 5.41) is 8.67. The van der Waals surface area contributed by atoms with E-state index in [2.05, 4.69) is 16.0 Å². The molecule has 7 heteroatoms. The molecule has 2 aromatic rings. The van der Waals surface area contributed by atoms with Crippen molar-refractivity contribution in [3.05, 3.63) is 65.5 Å². The minimum atomic E-state index is -0.554. The van der Waals surface area contributed by atoms with Crippen LogP contribution >= 0.6 is 0 Å². The molecule has 0 radical (unpaired) electrons. The van der Waals surface area contributed by atoms with Gasteiger partial charge in [-0.1, -0.05) is 31.2 Å². The van der Waals surface area contributed by atoms with Gasteiger partial charge in [-0.25, -0.2) is 9.18 Å². The number of amides is 3. The molecule has 6 nitrogen and oxygen atoms in total. The fourth-order valence-electron chi connectivity index (χ4n) is 3.59. The Labute approximate surface area is 176 Å². The summed E-state index contributed by atoms with van der Waals surface area (Å²) in [6.45, 7) is 3.68. The average Bonchev–Trinajstić information content (AvgIpc) is 2.74. The molecule has 0 spiro atoms. The molecule has 3 N–H and O–H groups in total. The number of ether oxygens (including phenoxy) is 1. The molecular weight excluding hydrogens is 385 g/mol. The first-order valence-corrected chi connectivity index (χ1v) is 10.3. The van der Waals surface area contributed by atoms with Gasteiger partial charge in [0, 0.05) is 25.4 Å². The molecule has 3 amide bonds. The van der Waals surface area contributed by atoms with E-state index in [9.17, 15) is 14.0 Å². The maximum Gasteiger partial charge on any atom is 0.319 e. The second-order valence-corrected chi connectivity index (χ2v) is 7.50. The van der Waals surface area contributed by atoms with Crippen molar-refractivity contribution in [2.24, 2.45) is 0 Å². The van der Waals surface area contributed by atoms with Crippen LogP contribution in [-0.2, 0) is 21.5 Å². The number of urea groups is 1. The lowest BCUT2D eigenvalue weighted by atomic mass is 9.82. The largest absolute Gasteiger partial charge is 0.381 e. The number of hydrogen-bond donors (Lipinski definition) is 3. The first kappa shape index (κ1) is 21.8. The molecule has 160 valence electrons. The highest BCUT2D eigenvalue weighted by molar-refractivity contribution is 5.89. The number of halogens is 1. The van der Waals surface area contributed by atoms with Crippen LogP contribution in [-0.4, -0.2) is 31.7 Å². The number of rotatable bonds is 7. The Morgan fingerprint density at radius 3 is 2.33 bits per heavy atom. The molecule has 2 aromatic carbocycles. The Hall–Kier alpha value is -2.93. The number of benzene rings is 2. The summed E-state index contributed by atoms with van der Waals surface area (Å²) >= 11 is 0. The molecule has 0 bridgehead atoms. The number of carbonyl (C=O) groups is 2. The third-order valence-corrected chi connectivity index (χ3v) is 5.23. The summed E-state index contributed by atoms with van der Waals surface area (Å²) in [7, 11) is 0. The van der Waals surface area contributed by atoms with Gasteiger partial charge in [0.2, 0.25) is 5.91 Å². The van der Waals surface area contributed by atoms with Crippen LogP contribution in [0, 0.1) is 5.82 Å². The second-order valence-electron chi connectivity index (χ2n) is 7.50. The molecule has 30 heavy (non-hydrogen) atoms. The number of carbonyl (C=O) groups excluding carboxylic acids is 2. The van der Waals surface area contributed by atoms with Gasteiger partial charge in [-0.15, -0.1) is 0 Å². The van der Waals surface area contributed by atoms with Crippen LogP contribution in [0.1, 0.15) is 37.3 Å². The lowest BCUT2D eigenvalue weighted by Crippen LogP contribution is -2.50. The third-order valence-electron chi connectivity index (χ3n) is 5.23. The molecule has 0 atom stereocenters. The quantitative estimate of drug-likeness (QED) is 0.647. The summed E-state index contributed by atoms with van der Waals surface area (Å²) < 4.78 is 18.8.